The number of amides is 1. The summed E-state index contributed by atoms with van der Waals surface area (Å²) in [6.07, 6.45) is 1.53. The molecule has 1 amide bonds. The smallest absolute Gasteiger partial charge is 0.289 e. The number of H-pyrrole nitrogens is 1. The Bertz CT molecular complexity index is 967. The fourth-order valence-corrected chi connectivity index (χ4v) is 2.48. The van der Waals surface area contributed by atoms with E-state index in [1.807, 2.05) is 6.07 Å². The fraction of sp³-hybridized carbons (Fsp3) is 0.105. The summed E-state index contributed by atoms with van der Waals surface area (Å²) < 4.78 is 10.5. The normalized spacial score (nSPS) is 10.8. The lowest BCUT2D eigenvalue weighted by atomic mass is 10.1. The maximum atomic E-state index is 12.2. The number of aromatic nitrogens is 2. The SMILES string of the molecule is COc1ccc(-c2cc(C(=O)N/N=C\c3ccc(Cl)cc3)[nH]n2)cc1OC. The van der Waals surface area contributed by atoms with Crippen molar-refractivity contribution in [2.24, 2.45) is 5.10 Å². The first-order chi connectivity index (χ1) is 13.1. The molecule has 27 heavy (non-hydrogen) atoms. The lowest BCUT2D eigenvalue weighted by Gasteiger charge is -2.08. The van der Waals surface area contributed by atoms with Gasteiger partial charge in [0.05, 0.1) is 26.1 Å². The van der Waals surface area contributed by atoms with Crippen LogP contribution >= 0.6 is 11.6 Å². The molecule has 138 valence electrons. The van der Waals surface area contributed by atoms with Crippen molar-refractivity contribution in [3.63, 3.8) is 0 Å². The van der Waals surface area contributed by atoms with E-state index in [2.05, 4.69) is 20.7 Å². The molecule has 0 spiro atoms. The average Bonchev–Trinajstić information content (AvgIpc) is 3.19. The molecule has 0 fully saturated rings. The van der Waals surface area contributed by atoms with Gasteiger partial charge in [-0.25, -0.2) is 5.43 Å². The topological polar surface area (TPSA) is 88.6 Å². The van der Waals surface area contributed by atoms with Crippen LogP contribution in [0.3, 0.4) is 0 Å². The molecule has 0 atom stereocenters. The van der Waals surface area contributed by atoms with Gasteiger partial charge in [0.25, 0.3) is 5.91 Å². The number of hydrogen-bond acceptors (Lipinski definition) is 5. The number of hydrogen-bond donors (Lipinski definition) is 2. The number of rotatable bonds is 6. The van der Waals surface area contributed by atoms with Gasteiger partial charge in [-0.15, -0.1) is 0 Å². The van der Waals surface area contributed by atoms with Crippen molar-refractivity contribution in [3.05, 3.63) is 64.8 Å². The highest BCUT2D eigenvalue weighted by atomic mass is 35.5. The summed E-state index contributed by atoms with van der Waals surface area (Å²) in [5.41, 5.74) is 4.93. The predicted octanol–water partition coefficient (Wildman–Crippen LogP) is 3.51. The van der Waals surface area contributed by atoms with Crippen LogP contribution in [0.15, 0.2) is 53.6 Å². The number of halogens is 1. The molecule has 0 radical (unpaired) electrons. The third kappa shape index (κ3) is 4.45. The van der Waals surface area contributed by atoms with Crippen LogP contribution < -0.4 is 14.9 Å². The number of nitrogens with zero attached hydrogens (tertiary/aromatic N) is 2. The van der Waals surface area contributed by atoms with Gasteiger partial charge in [0.1, 0.15) is 5.69 Å². The van der Waals surface area contributed by atoms with Crippen molar-refractivity contribution in [3.8, 4) is 22.8 Å². The third-order valence-electron chi connectivity index (χ3n) is 3.75. The summed E-state index contributed by atoms with van der Waals surface area (Å²) in [6.45, 7) is 0. The van der Waals surface area contributed by atoms with E-state index in [1.165, 1.54) is 6.21 Å². The molecular formula is C19H17ClN4O3. The summed E-state index contributed by atoms with van der Waals surface area (Å²) >= 11 is 5.82. The molecule has 1 aromatic heterocycles. The molecular weight excluding hydrogens is 368 g/mol. The van der Waals surface area contributed by atoms with E-state index >= 15 is 0 Å². The fourth-order valence-electron chi connectivity index (χ4n) is 2.36. The lowest BCUT2D eigenvalue weighted by Crippen LogP contribution is -2.17. The van der Waals surface area contributed by atoms with Crippen LogP contribution in [0.1, 0.15) is 16.1 Å². The summed E-state index contributed by atoms with van der Waals surface area (Å²) in [7, 11) is 3.13. The summed E-state index contributed by atoms with van der Waals surface area (Å²) in [5, 5.41) is 11.4. The quantitative estimate of drug-likeness (QED) is 0.502. The molecule has 0 aliphatic heterocycles. The largest absolute Gasteiger partial charge is 0.493 e. The van der Waals surface area contributed by atoms with Crippen molar-refractivity contribution in [2.75, 3.05) is 14.2 Å². The standard InChI is InChI=1S/C19H17ClN4O3/c1-26-17-8-5-13(9-18(17)27-2)15-10-16(23-22-15)19(25)24-21-11-12-3-6-14(20)7-4-12/h3-11H,1-2H3,(H,22,23)(H,24,25)/b21-11-. The zero-order valence-corrected chi connectivity index (χ0v) is 15.4. The Morgan fingerprint density at radius 3 is 2.56 bits per heavy atom. The van der Waals surface area contributed by atoms with Crippen LogP contribution in [0, 0.1) is 0 Å². The number of ether oxygens (including phenoxy) is 2. The number of carbonyl (C=O) groups is 1. The molecule has 0 bridgehead atoms. The van der Waals surface area contributed by atoms with Crippen molar-refractivity contribution in [2.45, 2.75) is 0 Å². The van der Waals surface area contributed by atoms with E-state index in [9.17, 15) is 4.79 Å². The zero-order valence-electron chi connectivity index (χ0n) is 14.7. The first-order valence-corrected chi connectivity index (χ1v) is 8.35. The van der Waals surface area contributed by atoms with E-state index in [-0.39, 0.29) is 5.69 Å². The number of methoxy groups -OCH3 is 2. The lowest BCUT2D eigenvalue weighted by molar-refractivity contribution is 0.0950. The Labute approximate surface area is 161 Å². The van der Waals surface area contributed by atoms with E-state index < -0.39 is 5.91 Å². The monoisotopic (exact) mass is 384 g/mol. The molecule has 3 aromatic rings. The molecule has 0 unspecified atom stereocenters. The van der Waals surface area contributed by atoms with Gasteiger partial charge in [0, 0.05) is 10.6 Å². The molecule has 3 rings (SSSR count). The molecule has 0 aliphatic rings. The average molecular weight is 385 g/mol. The highest BCUT2D eigenvalue weighted by Crippen LogP contribution is 2.31. The zero-order chi connectivity index (χ0) is 19.2. The van der Waals surface area contributed by atoms with E-state index in [0.717, 1.165) is 11.1 Å². The van der Waals surface area contributed by atoms with Crippen LogP contribution in [0.4, 0.5) is 0 Å². The molecule has 2 aromatic carbocycles. The van der Waals surface area contributed by atoms with Gasteiger partial charge in [-0.05, 0) is 42.0 Å². The Hall–Kier alpha value is -3.32. The van der Waals surface area contributed by atoms with Gasteiger partial charge in [0.2, 0.25) is 0 Å². The minimum atomic E-state index is -0.403. The Balaban J connectivity index is 1.69. The second kappa shape index (κ2) is 8.37. The van der Waals surface area contributed by atoms with Gasteiger partial charge >= 0.3 is 0 Å². The molecule has 7 nitrogen and oxygen atoms in total. The second-order valence-corrected chi connectivity index (χ2v) is 5.92. The highest BCUT2D eigenvalue weighted by Gasteiger charge is 2.12. The molecule has 0 saturated carbocycles. The van der Waals surface area contributed by atoms with E-state index in [1.54, 1.807) is 56.7 Å². The predicted molar refractivity (Wildman–Crippen MR) is 104 cm³/mol. The van der Waals surface area contributed by atoms with Crippen LogP contribution in [-0.2, 0) is 0 Å². The number of benzene rings is 2. The van der Waals surface area contributed by atoms with Gasteiger partial charge in [-0.3, -0.25) is 9.89 Å². The maximum Gasteiger partial charge on any atom is 0.289 e. The minimum Gasteiger partial charge on any atom is -0.493 e. The number of aromatic amines is 1. The minimum absolute atomic E-state index is 0.285. The second-order valence-electron chi connectivity index (χ2n) is 5.49. The summed E-state index contributed by atoms with van der Waals surface area (Å²) in [6, 6.07) is 14.1. The van der Waals surface area contributed by atoms with Crippen LogP contribution in [0.2, 0.25) is 5.02 Å². The Morgan fingerprint density at radius 1 is 1.11 bits per heavy atom. The first-order valence-electron chi connectivity index (χ1n) is 7.97. The number of hydrazone groups is 1. The van der Waals surface area contributed by atoms with Gasteiger partial charge in [0.15, 0.2) is 11.5 Å². The summed E-state index contributed by atoms with van der Waals surface area (Å²) in [4.78, 5) is 12.2. The molecule has 2 N–H and O–H groups in total. The Morgan fingerprint density at radius 2 is 1.85 bits per heavy atom. The molecule has 0 aliphatic carbocycles. The molecule has 1 heterocycles. The Kier molecular flexibility index (Phi) is 5.73. The highest BCUT2D eigenvalue weighted by molar-refractivity contribution is 6.30. The molecule has 8 heteroatoms. The maximum absolute atomic E-state index is 12.2. The van der Waals surface area contributed by atoms with Crippen LogP contribution in [0.5, 0.6) is 11.5 Å². The van der Waals surface area contributed by atoms with Crippen LogP contribution in [0.25, 0.3) is 11.3 Å². The van der Waals surface area contributed by atoms with Crippen LogP contribution in [-0.4, -0.2) is 36.5 Å². The van der Waals surface area contributed by atoms with E-state index in [0.29, 0.717) is 22.2 Å². The van der Waals surface area contributed by atoms with Crippen molar-refractivity contribution >= 4 is 23.7 Å². The van der Waals surface area contributed by atoms with Crippen molar-refractivity contribution in [1.82, 2.24) is 15.6 Å². The van der Waals surface area contributed by atoms with E-state index in [4.69, 9.17) is 21.1 Å². The summed E-state index contributed by atoms with van der Waals surface area (Å²) in [5.74, 6) is 0.794. The van der Waals surface area contributed by atoms with Gasteiger partial charge < -0.3 is 9.47 Å². The molecule has 0 saturated heterocycles. The van der Waals surface area contributed by atoms with Crippen molar-refractivity contribution < 1.29 is 14.3 Å². The number of carbonyl (C=O) groups excluding carboxylic acids is 1. The third-order valence-corrected chi connectivity index (χ3v) is 4.00. The number of nitrogens with one attached hydrogen (secondary N) is 2. The van der Waals surface area contributed by atoms with Gasteiger partial charge in [-0.1, -0.05) is 23.7 Å². The van der Waals surface area contributed by atoms with Crippen molar-refractivity contribution in [1.29, 1.82) is 0 Å². The van der Waals surface area contributed by atoms with Gasteiger partial charge in [-0.2, -0.15) is 10.2 Å². The first kappa shape index (κ1) is 18.5.